The van der Waals surface area contributed by atoms with E-state index in [-0.39, 0.29) is 18.5 Å². The van der Waals surface area contributed by atoms with Crippen molar-refractivity contribution in [2.45, 2.75) is 309 Å². The predicted octanol–water partition coefficient (Wildman–Crippen LogP) is 17.2. The lowest BCUT2D eigenvalue weighted by Crippen LogP contribution is -2.45. The third-order valence-electron chi connectivity index (χ3n) is 12.9. The van der Waals surface area contributed by atoms with Gasteiger partial charge in [-0.15, -0.1) is 0 Å². The molecule has 0 aromatic heterocycles. The van der Waals surface area contributed by atoms with Crippen molar-refractivity contribution >= 4 is 11.9 Å². The molecular weight excluding hydrogens is 791 g/mol. The number of allylic oxidation sites excluding steroid dienone is 5. The second-order valence-electron chi connectivity index (χ2n) is 19.3. The fourth-order valence-electron chi connectivity index (χ4n) is 8.55. The van der Waals surface area contributed by atoms with Crippen LogP contribution in [0.5, 0.6) is 0 Å². The monoisotopic (exact) mass is 900 g/mol. The van der Waals surface area contributed by atoms with Crippen LogP contribution in [0.1, 0.15) is 296 Å². The molecule has 376 valence electrons. The van der Waals surface area contributed by atoms with Gasteiger partial charge in [-0.1, -0.05) is 256 Å². The lowest BCUT2D eigenvalue weighted by atomic mass is 10.0. The molecule has 0 saturated heterocycles. The average Bonchev–Trinajstić information content (AvgIpc) is 3.29. The molecule has 0 heterocycles. The van der Waals surface area contributed by atoms with E-state index < -0.39 is 12.1 Å². The molecule has 2 unspecified atom stereocenters. The van der Waals surface area contributed by atoms with Crippen LogP contribution >= 0.6 is 0 Å². The number of rotatable bonds is 52. The van der Waals surface area contributed by atoms with Gasteiger partial charge in [0.2, 0.25) is 5.91 Å². The molecule has 0 aliphatic rings. The van der Waals surface area contributed by atoms with Gasteiger partial charge in [-0.25, -0.2) is 0 Å². The fourth-order valence-corrected chi connectivity index (χ4v) is 8.55. The van der Waals surface area contributed by atoms with Crippen molar-refractivity contribution in [2.75, 3.05) is 13.2 Å². The number of esters is 1. The summed E-state index contributed by atoms with van der Waals surface area (Å²) in [6.07, 6.45) is 66.0. The molecule has 0 aliphatic carbocycles. The minimum atomic E-state index is -0.844. The molecule has 6 heteroatoms. The minimum absolute atomic E-state index is 0.00400. The van der Waals surface area contributed by atoms with Crippen LogP contribution in [0.4, 0.5) is 0 Å². The summed E-state index contributed by atoms with van der Waals surface area (Å²) < 4.78 is 5.49. The van der Waals surface area contributed by atoms with E-state index >= 15 is 0 Å². The molecule has 1 amide bonds. The molecule has 0 aromatic carbocycles. The minimum Gasteiger partial charge on any atom is -0.466 e. The SMILES string of the molecule is CCCCC/C=C\C/C=C\CCCCCCCCCCCC(=O)OCCCCCCCCCCCCCCCCCCCCCC(=O)NC(CO)C(O)/C=C/CCCCCCCCC. The summed E-state index contributed by atoms with van der Waals surface area (Å²) in [7, 11) is 0. The van der Waals surface area contributed by atoms with Crippen molar-refractivity contribution in [3.8, 4) is 0 Å². The van der Waals surface area contributed by atoms with E-state index in [2.05, 4.69) is 43.5 Å². The standard InChI is InChI=1S/C58H109NO5/c1-3-5-7-9-11-13-14-15-16-17-19-23-26-29-32-36-40-44-48-52-58(63)64-53-49-45-41-37-33-30-27-24-21-18-20-22-25-28-31-35-39-43-47-51-57(62)59-55(54-60)56(61)50-46-42-38-34-12-10-8-6-4-2/h11,13,15-16,46,50,55-56,60-61H,3-10,12,14,17-45,47-49,51-54H2,1-2H3,(H,59,62)/b13-11-,16-15-,50-46+. The Morgan fingerprint density at radius 1 is 0.438 bits per heavy atom. The second kappa shape index (κ2) is 53.7. The smallest absolute Gasteiger partial charge is 0.305 e. The Morgan fingerprint density at radius 3 is 1.22 bits per heavy atom. The van der Waals surface area contributed by atoms with Crippen molar-refractivity contribution < 1.29 is 24.5 Å². The Bertz CT molecular complexity index is 1040. The van der Waals surface area contributed by atoms with Crippen molar-refractivity contribution in [2.24, 2.45) is 0 Å². The first-order valence-electron chi connectivity index (χ1n) is 28.3. The zero-order valence-electron chi connectivity index (χ0n) is 42.8. The normalized spacial score (nSPS) is 12.9. The highest BCUT2D eigenvalue weighted by molar-refractivity contribution is 5.76. The maximum Gasteiger partial charge on any atom is 0.305 e. The number of hydrogen-bond acceptors (Lipinski definition) is 5. The summed E-state index contributed by atoms with van der Waals surface area (Å²) >= 11 is 0. The molecule has 64 heavy (non-hydrogen) atoms. The largest absolute Gasteiger partial charge is 0.466 e. The van der Waals surface area contributed by atoms with Crippen LogP contribution in [0.3, 0.4) is 0 Å². The van der Waals surface area contributed by atoms with E-state index in [9.17, 15) is 19.8 Å². The number of amides is 1. The number of nitrogens with one attached hydrogen (secondary N) is 1. The Morgan fingerprint density at radius 2 is 0.781 bits per heavy atom. The third kappa shape index (κ3) is 49.5. The predicted molar refractivity (Wildman–Crippen MR) is 278 cm³/mol. The van der Waals surface area contributed by atoms with Gasteiger partial charge in [-0.2, -0.15) is 0 Å². The van der Waals surface area contributed by atoms with E-state index in [4.69, 9.17) is 4.74 Å². The van der Waals surface area contributed by atoms with E-state index in [1.165, 1.54) is 218 Å². The first-order valence-corrected chi connectivity index (χ1v) is 28.3. The highest BCUT2D eigenvalue weighted by Gasteiger charge is 2.18. The van der Waals surface area contributed by atoms with Crippen LogP contribution in [0.2, 0.25) is 0 Å². The highest BCUT2D eigenvalue weighted by Crippen LogP contribution is 2.16. The molecule has 0 aromatic rings. The fraction of sp³-hybridized carbons (Fsp3) is 0.862. The number of ether oxygens (including phenoxy) is 1. The summed E-state index contributed by atoms with van der Waals surface area (Å²) in [5.41, 5.74) is 0. The Kier molecular flexibility index (Phi) is 52.1. The topological polar surface area (TPSA) is 95.9 Å². The van der Waals surface area contributed by atoms with Crippen LogP contribution in [0.25, 0.3) is 0 Å². The van der Waals surface area contributed by atoms with Gasteiger partial charge >= 0.3 is 5.97 Å². The van der Waals surface area contributed by atoms with Gasteiger partial charge in [0, 0.05) is 12.8 Å². The number of hydrogen-bond donors (Lipinski definition) is 3. The summed E-state index contributed by atoms with van der Waals surface area (Å²) in [4.78, 5) is 24.5. The van der Waals surface area contributed by atoms with Gasteiger partial charge in [-0.3, -0.25) is 9.59 Å². The van der Waals surface area contributed by atoms with Gasteiger partial charge in [0.15, 0.2) is 0 Å². The van der Waals surface area contributed by atoms with Crippen molar-refractivity contribution in [1.29, 1.82) is 0 Å². The summed E-state index contributed by atoms with van der Waals surface area (Å²) in [6.45, 7) is 4.85. The lowest BCUT2D eigenvalue weighted by molar-refractivity contribution is -0.143. The summed E-state index contributed by atoms with van der Waals surface area (Å²) in [6, 6.07) is -0.628. The Balaban J connectivity index is 3.38. The van der Waals surface area contributed by atoms with E-state index in [0.29, 0.717) is 19.4 Å². The van der Waals surface area contributed by atoms with Crippen LogP contribution in [-0.4, -0.2) is 47.4 Å². The zero-order valence-corrected chi connectivity index (χ0v) is 42.8. The van der Waals surface area contributed by atoms with Crippen molar-refractivity contribution in [1.82, 2.24) is 5.32 Å². The van der Waals surface area contributed by atoms with E-state index in [0.717, 1.165) is 51.4 Å². The lowest BCUT2D eigenvalue weighted by Gasteiger charge is -2.20. The molecule has 3 N–H and O–H groups in total. The maximum absolute atomic E-state index is 12.4. The molecule has 2 atom stereocenters. The molecule has 0 bridgehead atoms. The highest BCUT2D eigenvalue weighted by atomic mass is 16.5. The zero-order chi connectivity index (χ0) is 46.5. The number of unbranched alkanes of at least 4 members (excludes halogenated alkanes) is 37. The Hall–Kier alpha value is -1.92. The van der Waals surface area contributed by atoms with E-state index in [1.54, 1.807) is 6.08 Å². The number of aliphatic hydroxyl groups excluding tert-OH is 2. The molecule has 0 radical (unpaired) electrons. The number of carbonyl (C=O) groups excluding carboxylic acids is 2. The van der Waals surface area contributed by atoms with Crippen LogP contribution < -0.4 is 5.32 Å². The quantitative estimate of drug-likeness (QED) is 0.0321. The van der Waals surface area contributed by atoms with E-state index in [1.807, 2.05) is 6.08 Å². The molecule has 6 nitrogen and oxygen atoms in total. The van der Waals surface area contributed by atoms with Crippen LogP contribution in [0.15, 0.2) is 36.5 Å². The maximum atomic E-state index is 12.4. The van der Waals surface area contributed by atoms with Gasteiger partial charge in [0.05, 0.1) is 25.4 Å². The first-order chi connectivity index (χ1) is 31.5. The molecule has 0 spiro atoms. The molecule has 0 saturated carbocycles. The average molecular weight is 901 g/mol. The summed E-state index contributed by atoms with van der Waals surface area (Å²) in [5, 5.41) is 22.9. The molecule has 0 rings (SSSR count). The molecule has 0 aliphatic heterocycles. The van der Waals surface area contributed by atoms with Gasteiger partial charge in [0.1, 0.15) is 0 Å². The van der Waals surface area contributed by atoms with Gasteiger partial charge in [-0.05, 0) is 64.2 Å². The molecule has 0 fully saturated rings. The van der Waals surface area contributed by atoms with Gasteiger partial charge < -0.3 is 20.3 Å². The summed E-state index contributed by atoms with van der Waals surface area (Å²) in [5.74, 6) is -0.0698. The molecular formula is C58H109NO5. The van der Waals surface area contributed by atoms with Crippen LogP contribution in [-0.2, 0) is 14.3 Å². The Labute approximate surface area is 398 Å². The number of carbonyl (C=O) groups is 2. The van der Waals surface area contributed by atoms with Crippen molar-refractivity contribution in [3.63, 3.8) is 0 Å². The van der Waals surface area contributed by atoms with Crippen molar-refractivity contribution in [3.05, 3.63) is 36.5 Å². The third-order valence-corrected chi connectivity index (χ3v) is 12.9. The second-order valence-corrected chi connectivity index (χ2v) is 19.3. The first kappa shape index (κ1) is 62.1. The van der Waals surface area contributed by atoms with Gasteiger partial charge in [0.25, 0.3) is 0 Å². The number of aliphatic hydroxyl groups is 2. The van der Waals surface area contributed by atoms with Crippen LogP contribution in [0, 0.1) is 0 Å².